The van der Waals surface area contributed by atoms with Gasteiger partial charge in [-0.05, 0) is 39.2 Å². The van der Waals surface area contributed by atoms with E-state index >= 15 is 0 Å². The molecule has 0 heteroatoms. The Morgan fingerprint density at radius 1 is 1.23 bits per heavy atom. The van der Waals surface area contributed by atoms with E-state index < -0.39 is 0 Å². The van der Waals surface area contributed by atoms with E-state index in [0.717, 1.165) is 6.42 Å². The Balaban J connectivity index is 4.39. The maximum absolute atomic E-state index is 3.84. The summed E-state index contributed by atoms with van der Waals surface area (Å²) in [5.74, 6) is 0. The summed E-state index contributed by atoms with van der Waals surface area (Å²) >= 11 is 0. The molecule has 0 aromatic heterocycles. The maximum Gasteiger partial charge on any atom is -0.0279 e. The van der Waals surface area contributed by atoms with E-state index in [1.54, 1.807) is 0 Å². The molecule has 0 unspecified atom stereocenters. The summed E-state index contributed by atoms with van der Waals surface area (Å²) in [4.78, 5) is 0. The average Bonchev–Trinajstić information content (AvgIpc) is 2.11. The van der Waals surface area contributed by atoms with E-state index in [-0.39, 0.29) is 0 Å². The standard InChI is InChI=1S/C13H22/c1-6-8-9-13(7-2)10-12(5)11(3)4/h7,10H,2,6,8-9H2,1,3-5H3. The Morgan fingerprint density at radius 3 is 2.23 bits per heavy atom. The van der Waals surface area contributed by atoms with Crippen molar-refractivity contribution in [2.45, 2.75) is 47.0 Å². The van der Waals surface area contributed by atoms with Crippen LogP contribution < -0.4 is 0 Å². The summed E-state index contributed by atoms with van der Waals surface area (Å²) in [7, 11) is 0. The lowest BCUT2D eigenvalue weighted by Gasteiger charge is -2.02. The van der Waals surface area contributed by atoms with E-state index in [0.29, 0.717) is 0 Å². The minimum atomic E-state index is 1.16. The van der Waals surface area contributed by atoms with Crippen molar-refractivity contribution in [2.24, 2.45) is 0 Å². The molecule has 0 aliphatic heterocycles. The summed E-state index contributed by atoms with van der Waals surface area (Å²) < 4.78 is 0. The fraction of sp³-hybridized carbons (Fsp3) is 0.538. The van der Waals surface area contributed by atoms with Gasteiger partial charge in [0.15, 0.2) is 0 Å². The molecule has 0 nitrogen and oxygen atoms in total. The van der Waals surface area contributed by atoms with Gasteiger partial charge in [0.25, 0.3) is 0 Å². The summed E-state index contributed by atoms with van der Waals surface area (Å²) in [6, 6.07) is 0. The average molecular weight is 178 g/mol. The van der Waals surface area contributed by atoms with Crippen molar-refractivity contribution < 1.29 is 0 Å². The SMILES string of the molecule is C=CC(=CC(C)=C(C)C)CCCC. The van der Waals surface area contributed by atoms with Gasteiger partial charge in [0.05, 0.1) is 0 Å². The van der Waals surface area contributed by atoms with Gasteiger partial charge in [-0.25, -0.2) is 0 Å². The van der Waals surface area contributed by atoms with E-state index in [2.05, 4.69) is 40.3 Å². The third-order valence-corrected chi connectivity index (χ3v) is 2.27. The van der Waals surface area contributed by atoms with Gasteiger partial charge in [-0.2, -0.15) is 0 Å². The molecule has 0 amide bonds. The summed E-state index contributed by atoms with van der Waals surface area (Å²) in [6.07, 6.45) is 7.89. The van der Waals surface area contributed by atoms with E-state index in [1.807, 2.05) is 6.08 Å². The Bertz CT molecular complexity index is 212. The molecule has 0 saturated heterocycles. The molecule has 0 aliphatic rings. The van der Waals surface area contributed by atoms with Crippen molar-refractivity contribution in [1.82, 2.24) is 0 Å². The van der Waals surface area contributed by atoms with Crippen LogP contribution in [0.2, 0.25) is 0 Å². The van der Waals surface area contributed by atoms with Crippen LogP contribution in [0.25, 0.3) is 0 Å². The van der Waals surface area contributed by atoms with Gasteiger partial charge in [0.2, 0.25) is 0 Å². The van der Waals surface area contributed by atoms with Crippen molar-refractivity contribution in [2.75, 3.05) is 0 Å². The van der Waals surface area contributed by atoms with Crippen LogP contribution in [0.3, 0.4) is 0 Å². The molecule has 0 bridgehead atoms. The number of unbranched alkanes of at least 4 members (excludes halogenated alkanes) is 1. The van der Waals surface area contributed by atoms with Crippen LogP contribution in [0.15, 0.2) is 35.5 Å². The molecule has 0 radical (unpaired) electrons. The van der Waals surface area contributed by atoms with Crippen LogP contribution in [0.1, 0.15) is 47.0 Å². The first kappa shape index (κ1) is 12.2. The zero-order valence-corrected chi connectivity index (χ0v) is 9.48. The summed E-state index contributed by atoms with van der Waals surface area (Å²) in [5, 5.41) is 0. The molecule has 0 rings (SSSR count). The Kier molecular flexibility index (Phi) is 6.30. The van der Waals surface area contributed by atoms with Gasteiger partial charge in [0.1, 0.15) is 0 Å². The first-order valence-electron chi connectivity index (χ1n) is 5.08. The highest BCUT2D eigenvalue weighted by Gasteiger charge is 1.93. The molecule has 0 fully saturated rings. The predicted octanol–water partition coefficient (Wildman–Crippen LogP) is 4.65. The lowest BCUT2D eigenvalue weighted by molar-refractivity contribution is 0.797. The van der Waals surface area contributed by atoms with Crippen molar-refractivity contribution in [1.29, 1.82) is 0 Å². The Hall–Kier alpha value is -0.780. The maximum atomic E-state index is 3.84. The number of hydrogen-bond donors (Lipinski definition) is 0. The largest absolute Gasteiger partial charge is 0.0988 e. The smallest absolute Gasteiger partial charge is 0.0279 e. The van der Waals surface area contributed by atoms with Crippen LogP contribution in [0.4, 0.5) is 0 Å². The quantitative estimate of drug-likeness (QED) is 0.538. The fourth-order valence-electron chi connectivity index (χ4n) is 1.04. The molecule has 0 heterocycles. The van der Waals surface area contributed by atoms with Crippen molar-refractivity contribution in [3.05, 3.63) is 35.5 Å². The molecule has 0 atom stereocenters. The van der Waals surface area contributed by atoms with Gasteiger partial charge < -0.3 is 0 Å². The van der Waals surface area contributed by atoms with Crippen LogP contribution in [-0.2, 0) is 0 Å². The molecule has 0 aromatic carbocycles. The summed E-state index contributed by atoms with van der Waals surface area (Å²) in [5.41, 5.74) is 4.11. The van der Waals surface area contributed by atoms with E-state index in [1.165, 1.54) is 29.6 Å². The zero-order chi connectivity index (χ0) is 10.3. The molecular weight excluding hydrogens is 156 g/mol. The van der Waals surface area contributed by atoms with Crippen molar-refractivity contribution >= 4 is 0 Å². The van der Waals surface area contributed by atoms with Crippen LogP contribution in [0.5, 0.6) is 0 Å². The number of allylic oxidation sites excluding steroid dienone is 5. The van der Waals surface area contributed by atoms with Crippen LogP contribution in [0, 0.1) is 0 Å². The molecular formula is C13H22. The minimum absolute atomic E-state index is 1.16. The number of rotatable bonds is 5. The van der Waals surface area contributed by atoms with Gasteiger partial charge in [-0.1, -0.05) is 43.2 Å². The van der Waals surface area contributed by atoms with Gasteiger partial charge in [-0.15, -0.1) is 0 Å². The summed E-state index contributed by atoms with van der Waals surface area (Å²) in [6.45, 7) is 12.5. The highest BCUT2D eigenvalue weighted by Crippen LogP contribution is 2.13. The fourth-order valence-corrected chi connectivity index (χ4v) is 1.04. The van der Waals surface area contributed by atoms with E-state index in [4.69, 9.17) is 0 Å². The third-order valence-electron chi connectivity index (χ3n) is 2.27. The lowest BCUT2D eigenvalue weighted by Crippen LogP contribution is -1.82. The van der Waals surface area contributed by atoms with Gasteiger partial charge >= 0.3 is 0 Å². The lowest BCUT2D eigenvalue weighted by atomic mass is 10.0. The number of hydrogen-bond acceptors (Lipinski definition) is 0. The topological polar surface area (TPSA) is 0 Å². The molecule has 74 valence electrons. The van der Waals surface area contributed by atoms with Crippen LogP contribution in [-0.4, -0.2) is 0 Å². The highest BCUT2D eigenvalue weighted by atomic mass is 14.0. The highest BCUT2D eigenvalue weighted by molar-refractivity contribution is 5.30. The second-order valence-electron chi connectivity index (χ2n) is 3.71. The normalized spacial score (nSPS) is 11.2. The molecule has 0 spiro atoms. The Morgan fingerprint density at radius 2 is 1.85 bits per heavy atom. The first-order chi connectivity index (χ1) is 6.11. The first-order valence-corrected chi connectivity index (χ1v) is 5.08. The molecule has 0 N–H and O–H groups in total. The van der Waals surface area contributed by atoms with Crippen LogP contribution >= 0.6 is 0 Å². The van der Waals surface area contributed by atoms with Gasteiger partial charge in [-0.3, -0.25) is 0 Å². The molecule has 13 heavy (non-hydrogen) atoms. The van der Waals surface area contributed by atoms with Gasteiger partial charge in [0, 0.05) is 0 Å². The minimum Gasteiger partial charge on any atom is -0.0988 e. The van der Waals surface area contributed by atoms with Crippen molar-refractivity contribution in [3.63, 3.8) is 0 Å². The third kappa shape index (κ3) is 5.46. The van der Waals surface area contributed by atoms with Crippen molar-refractivity contribution in [3.8, 4) is 0 Å². The molecule has 0 saturated carbocycles. The zero-order valence-electron chi connectivity index (χ0n) is 9.48. The monoisotopic (exact) mass is 178 g/mol. The second kappa shape index (κ2) is 6.71. The second-order valence-corrected chi connectivity index (χ2v) is 3.71. The molecule has 0 aromatic rings. The van der Waals surface area contributed by atoms with E-state index in [9.17, 15) is 0 Å². The Labute approximate surface area is 83.0 Å². The predicted molar refractivity (Wildman–Crippen MR) is 61.9 cm³/mol. The molecule has 0 aliphatic carbocycles.